The first-order valence-corrected chi connectivity index (χ1v) is 8.47. The minimum atomic E-state index is -0.241. The van der Waals surface area contributed by atoms with E-state index in [0.717, 1.165) is 30.7 Å². The van der Waals surface area contributed by atoms with Crippen molar-refractivity contribution < 1.29 is 13.9 Å². The van der Waals surface area contributed by atoms with Crippen LogP contribution in [0.25, 0.3) is 11.1 Å². The number of aromatic nitrogens is 1. The number of para-hydroxylation sites is 2. The van der Waals surface area contributed by atoms with Gasteiger partial charge in [-0.3, -0.25) is 4.79 Å². The van der Waals surface area contributed by atoms with Crippen LogP contribution in [0.4, 0.5) is 6.01 Å². The number of hydrogen-bond acceptors (Lipinski definition) is 6. The van der Waals surface area contributed by atoms with Crippen molar-refractivity contribution in [1.82, 2.24) is 15.2 Å². The molecule has 3 heterocycles. The molecular weight excluding hydrogens is 379 g/mol. The zero-order valence-corrected chi connectivity index (χ0v) is 16.2. The highest BCUT2D eigenvalue weighted by atomic mass is 35.5. The molecule has 9 heteroatoms. The van der Waals surface area contributed by atoms with Crippen LogP contribution in [0.2, 0.25) is 0 Å². The zero-order valence-electron chi connectivity index (χ0n) is 14.6. The molecule has 144 valence electrons. The number of nitrogens with zero attached hydrogens (tertiary/aromatic N) is 3. The molecule has 0 radical (unpaired) electrons. The fourth-order valence-corrected chi connectivity index (χ4v) is 3.32. The quantitative estimate of drug-likeness (QED) is 0.823. The van der Waals surface area contributed by atoms with E-state index >= 15 is 0 Å². The largest absolute Gasteiger partial charge is 0.423 e. The second kappa shape index (κ2) is 8.90. The molecule has 2 saturated heterocycles. The topological polar surface area (TPSA) is 70.8 Å². The minimum Gasteiger partial charge on any atom is -0.423 e. The summed E-state index contributed by atoms with van der Waals surface area (Å²) in [6.07, 6.45) is -0.0821. The van der Waals surface area contributed by atoms with Crippen LogP contribution in [-0.4, -0.2) is 67.3 Å². The molecular formula is C17H24Cl2N4O3. The van der Waals surface area contributed by atoms with Crippen LogP contribution < -0.4 is 10.2 Å². The van der Waals surface area contributed by atoms with Gasteiger partial charge in [-0.2, -0.15) is 4.98 Å². The van der Waals surface area contributed by atoms with E-state index in [9.17, 15) is 4.79 Å². The fraction of sp³-hybridized carbons (Fsp3) is 0.529. The summed E-state index contributed by atoms with van der Waals surface area (Å²) in [7, 11) is 0. The van der Waals surface area contributed by atoms with Crippen LogP contribution >= 0.6 is 24.8 Å². The van der Waals surface area contributed by atoms with Crippen LogP contribution in [-0.2, 0) is 9.53 Å². The summed E-state index contributed by atoms with van der Waals surface area (Å²) in [5.41, 5.74) is 1.66. The number of benzene rings is 1. The Hall–Kier alpha value is -1.54. The van der Waals surface area contributed by atoms with Crippen molar-refractivity contribution >= 4 is 47.8 Å². The minimum absolute atomic E-state index is 0. The van der Waals surface area contributed by atoms with Crippen molar-refractivity contribution in [1.29, 1.82) is 0 Å². The van der Waals surface area contributed by atoms with Crippen molar-refractivity contribution in [3.63, 3.8) is 0 Å². The number of amides is 1. The van der Waals surface area contributed by atoms with Gasteiger partial charge < -0.3 is 24.3 Å². The Morgan fingerprint density at radius 2 is 1.92 bits per heavy atom. The van der Waals surface area contributed by atoms with E-state index in [4.69, 9.17) is 9.15 Å². The van der Waals surface area contributed by atoms with Crippen LogP contribution in [0.3, 0.4) is 0 Å². The fourth-order valence-electron chi connectivity index (χ4n) is 3.32. The third-order valence-corrected chi connectivity index (χ3v) is 4.73. The normalized spacial score (nSPS) is 23.3. The molecule has 2 aliphatic heterocycles. The Balaban J connectivity index is 0.00000121. The van der Waals surface area contributed by atoms with Gasteiger partial charge >= 0.3 is 0 Å². The molecule has 4 rings (SSSR count). The van der Waals surface area contributed by atoms with Crippen molar-refractivity contribution in [2.75, 3.05) is 44.2 Å². The smallest absolute Gasteiger partial charge is 0.298 e. The van der Waals surface area contributed by atoms with E-state index in [1.165, 1.54) is 0 Å². The average Bonchev–Trinajstić information content (AvgIpc) is 3.06. The molecule has 7 nitrogen and oxygen atoms in total. The Kier molecular flexibility index (Phi) is 7.11. The lowest BCUT2D eigenvalue weighted by atomic mass is 10.1. The highest BCUT2D eigenvalue weighted by Gasteiger charge is 2.33. The summed E-state index contributed by atoms with van der Waals surface area (Å²) in [4.78, 5) is 21.2. The van der Waals surface area contributed by atoms with Crippen molar-refractivity contribution in [2.24, 2.45) is 0 Å². The molecule has 2 aliphatic rings. The summed E-state index contributed by atoms with van der Waals surface area (Å²) in [5, 5.41) is 3.27. The van der Waals surface area contributed by atoms with Crippen molar-refractivity contribution in [2.45, 2.75) is 19.1 Å². The first-order chi connectivity index (χ1) is 11.7. The second-order valence-electron chi connectivity index (χ2n) is 6.28. The van der Waals surface area contributed by atoms with Crippen LogP contribution in [0.5, 0.6) is 0 Å². The molecule has 2 fully saturated rings. The number of carbonyl (C=O) groups is 1. The zero-order chi connectivity index (χ0) is 16.5. The SMILES string of the molecule is C[C@H]1OCCN[C@@H]1C(=O)N1CCN(c2nc3ccccc3o2)CC1.Cl.Cl. The maximum atomic E-state index is 12.7. The number of hydrogen-bond donors (Lipinski definition) is 1. The van der Waals surface area contributed by atoms with E-state index in [0.29, 0.717) is 25.7 Å². The highest BCUT2D eigenvalue weighted by Crippen LogP contribution is 2.22. The summed E-state index contributed by atoms with van der Waals surface area (Å²) in [6, 6.07) is 8.14. The number of oxazole rings is 1. The maximum absolute atomic E-state index is 12.7. The number of nitrogens with one attached hydrogen (secondary N) is 1. The monoisotopic (exact) mass is 402 g/mol. The summed E-state index contributed by atoms with van der Waals surface area (Å²) in [6.45, 7) is 6.12. The van der Waals surface area contributed by atoms with Crippen molar-refractivity contribution in [3.8, 4) is 0 Å². The van der Waals surface area contributed by atoms with Gasteiger partial charge in [-0.05, 0) is 19.1 Å². The first kappa shape index (κ1) is 20.8. The average molecular weight is 403 g/mol. The van der Waals surface area contributed by atoms with Gasteiger partial charge in [0.25, 0.3) is 6.01 Å². The number of piperazine rings is 1. The summed E-state index contributed by atoms with van der Waals surface area (Å²) >= 11 is 0. The van der Waals surface area contributed by atoms with Gasteiger partial charge in [0.15, 0.2) is 5.58 Å². The van der Waals surface area contributed by atoms with E-state index in [-0.39, 0.29) is 42.9 Å². The Bertz CT molecular complexity index is 701. The molecule has 2 aromatic rings. The van der Waals surface area contributed by atoms with Gasteiger partial charge in [-0.15, -0.1) is 24.8 Å². The van der Waals surface area contributed by atoms with Crippen LogP contribution in [0.15, 0.2) is 28.7 Å². The summed E-state index contributed by atoms with van der Waals surface area (Å²) in [5.74, 6) is 0.124. The second-order valence-corrected chi connectivity index (χ2v) is 6.28. The Labute approximate surface area is 164 Å². The predicted molar refractivity (Wildman–Crippen MR) is 105 cm³/mol. The number of fused-ring (bicyclic) bond motifs is 1. The van der Waals surface area contributed by atoms with Gasteiger partial charge in [0.1, 0.15) is 11.6 Å². The van der Waals surface area contributed by atoms with Crippen molar-refractivity contribution in [3.05, 3.63) is 24.3 Å². The standard InChI is InChI=1S/C17H22N4O3.2ClH/c1-12-15(18-6-11-23-12)16(22)20-7-9-21(10-8-20)17-19-13-4-2-3-5-14(13)24-17;;/h2-5,12,15,18H,6-11H2,1H3;2*1H/t12-,15+;;/m1../s1. The van der Waals surface area contributed by atoms with E-state index in [1.54, 1.807) is 0 Å². The molecule has 1 N–H and O–H groups in total. The van der Waals surface area contributed by atoms with Crippen LogP contribution in [0.1, 0.15) is 6.92 Å². The van der Waals surface area contributed by atoms with E-state index < -0.39 is 0 Å². The van der Waals surface area contributed by atoms with Gasteiger partial charge in [0.05, 0.1) is 12.7 Å². The third kappa shape index (κ3) is 4.06. The Morgan fingerprint density at radius 3 is 2.62 bits per heavy atom. The number of ether oxygens (including phenoxy) is 1. The molecule has 1 aromatic heterocycles. The van der Waals surface area contributed by atoms with Gasteiger partial charge in [0.2, 0.25) is 5.91 Å². The number of anilines is 1. The number of halogens is 2. The molecule has 26 heavy (non-hydrogen) atoms. The lowest BCUT2D eigenvalue weighted by Gasteiger charge is -2.38. The lowest BCUT2D eigenvalue weighted by Crippen LogP contribution is -2.59. The molecule has 0 bridgehead atoms. The van der Waals surface area contributed by atoms with E-state index in [2.05, 4.69) is 15.2 Å². The number of carbonyl (C=O) groups excluding carboxylic acids is 1. The highest BCUT2D eigenvalue weighted by molar-refractivity contribution is 5.85. The Morgan fingerprint density at radius 1 is 1.19 bits per heavy atom. The summed E-state index contributed by atoms with van der Waals surface area (Å²) < 4.78 is 11.4. The van der Waals surface area contributed by atoms with Gasteiger partial charge in [-0.25, -0.2) is 0 Å². The lowest BCUT2D eigenvalue weighted by molar-refractivity contribution is -0.139. The number of morpholine rings is 1. The number of rotatable bonds is 2. The molecule has 0 spiro atoms. The van der Waals surface area contributed by atoms with Crippen LogP contribution in [0, 0.1) is 0 Å². The van der Waals surface area contributed by atoms with E-state index in [1.807, 2.05) is 36.1 Å². The third-order valence-electron chi connectivity index (χ3n) is 4.73. The molecule has 1 aromatic carbocycles. The van der Waals surface area contributed by atoms with Gasteiger partial charge in [-0.1, -0.05) is 12.1 Å². The predicted octanol–water partition coefficient (Wildman–Crippen LogP) is 1.70. The molecule has 0 aliphatic carbocycles. The molecule has 2 atom stereocenters. The maximum Gasteiger partial charge on any atom is 0.298 e. The molecule has 0 unspecified atom stereocenters. The first-order valence-electron chi connectivity index (χ1n) is 8.47. The molecule has 1 amide bonds. The molecule has 0 saturated carbocycles. The van der Waals surface area contributed by atoms with Gasteiger partial charge in [0, 0.05) is 32.7 Å².